The summed E-state index contributed by atoms with van der Waals surface area (Å²) in [5.41, 5.74) is 0.846. The number of aromatic hydroxyl groups is 1. The van der Waals surface area contributed by atoms with E-state index in [1.165, 1.54) is 12.5 Å². The summed E-state index contributed by atoms with van der Waals surface area (Å²) in [6.45, 7) is 7.12. The topological polar surface area (TPSA) is 38.7 Å². The lowest BCUT2D eigenvalue weighted by Gasteiger charge is -2.37. The van der Waals surface area contributed by atoms with Gasteiger partial charge in [0.2, 0.25) is 0 Å². The molecular formula is C15H23ClFN3O. The second kappa shape index (κ2) is 7.40. The van der Waals surface area contributed by atoms with E-state index in [9.17, 15) is 9.50 Å². The van der Waals surface area contributed by atoms with Gasteiger partial charge in [-0.15, -0.1) is 12.4 Å². The Bertz CT molecular complexity index is 440. The van der Waals surface area contributed by atoms with Gasteiger partial charge >= 0.3 is 0 Å². The van der Waals surface area contributed by atoms with Gasteiger partial charge in [0, 0.05) is 51.4 Å². The molecule has 0 aliphatic carbocycles. The molecule has 2 heterocycles. The highest BCUT2D eigenvalue weighted by Crippen LogP contribution is 2.18. The molecule has 1 aromatic carbocycles. The van der Waals surface area contributed by atoms with Gasteiger partial charge < -0.3 is 10.4 Å². The van der Waals surface area contributed by atoms with Crippen molar-refractivity contribution in [1.82, 2.24) is 15.1 Å². The molecule has 2 aliphatic heterocycles. The maximum atomic E-state index is 13.3. The average Bonchev–Trinajstić information content (AvgIpc) is 2.92. The summed E-state index contributed by atoms with van der Waals surface area (Å²) in [4.78, 5) is 4.88. The molecule has 0 aromatic heterocycles. The Hall–Kier alpha value is -0.880. The Labute approximate surface area is 131 Å². The fourth-order valence-corrected chi connectivity index (χ4v) is 3.22. The van der Waals surface area contributed by atoms with Gasteiger partial charge in [-0.1, -0.05) is 0 Å². The van der Waals surface area contributed by atoms with Crippen molar-refractivity contribution in [3.8, 4) is 5.75 Å². The number of hydrogen-bond acceptors (Lipinski definition) is 4. The van der Waals surface area contributed by atoms with Gasteiger partial charge in [-0.2, -0.15) is 0 Å². The van der Waals surface area contributed by atoms with Crippen LogP contribution in [0.15, 0.2) is 18.2 Å². The van der Waals surface area contributed by atoms with Gasteiger partial charge in [0.15, 0.2) is 0 Å². The molecule has 6 heteroatoms. The summed E-state index contributed by atoms with van der Waals surface area (Å²) in [5.74, 6) is -0.355. The molecule has 0 amide bonds. The highest BCUT2D eigenvalue weighted by atomic mass is 35.5. The normalized spacial score (nSPS) is 24.0. The molecular weight excluding hydrogens is 293 g/mol. The van der Waals surface area contributed by atoms with Crippen LogP contribution in [0.4, 0.5) is 4.39 Å². The van der Waals surface area contributed by atoms with E-state index in [4.69, 9.17) is 0 Å². The van der Waals surface area contributed by atoms with Crippen molar-refractivity contribution in [1.29, 1.82) is 0 Å². The molecule has 0 bridgehead atoms. The van der Waals surface area contributed by atoms with Gasteiger partial charge in [-0.25, -0.2) is 4.39 Å². The smallest absolute Gasteiger partial charge is 0.127 e. The largest absolute Gasteiger partial charge is 0.508 e. The molecule has 4 nitrogen and oxygen atoms in total. The quantitative estimate of drug-likeness (QED) is 0.885. The Morgan fingerprint density at radius 3 is 2.57 bits per heavy atom. The standard InChI is InChI=1S/C15H22FN3O.ClH/c16-13-7-12(8-15(20)9-13)11-18-3-5-19(6-4-18)14-1-2-17-10-14;/h7-9,14,17,20H,1-6,10-11H2;1H. The number of piperazine rings is 1. The number of nitrogens with one attached hydrogen (secondary N) is 1. The minimum absolute atomic E-state index is 0. The molecule has 2 saturated heterocycles. The van der Waals surface area contributed by atoms with Crippen molar-refractivity contribution < 1.29 is 9.50 Å². The third-order valence-electron chi connectivity index (χ3n) is 4.31. The van der Waals surface area contributed by atoms with E-state index in [1.54, 1.807) is 6.07 Å². The van der Waals surface area contributed by atoms with Crippen LogP contribution in [0.1, 0.15) is 12.0 Å². The zero-order valence-corrected chi connectivity index (χ0v) is 12.9. The van der Waals surface area contributed by atoms with E-state index < -0.39 is 0 Å². The van der Waals surface area contributed by atoms with Crippen LogP contribution in [-0.2, 0) is 6.54 Å². The first-order chi connectivity index (χ1) is 9.70. The van der Waals surface area contributed by atoms with E-state index in [0.29, 0.717) is 12.6 Å². The molecule has 1 unspecified atom stereocenters. The highest BCUT2D eigenvalue weighted by molar-refractivity contribution is 5.85. The summed E-state index contributed by atoms with van der Waals surface area (Å²) in [6, 6.07) is 4.99. The van der Waals surface area contributed by atoms with Crippen LogP contribution < -0.4 is 5.32 Å². The summed E-state index contributed by atoms with van der Waals surface area (Å²) >= 11 is 0. The number of hydrogen-bond donors (Lipinski definition) is 2. The predicted molar refractivity (Wildman–Crippen MR) is 83.4 cm³/mol. The number of phenolic OH excluding ortho intramolecular Hbond substituents is 1. The molecule has 1 atom stereocenters. The maximum Gasteiger partial charge on any atom is 0.127 e. The van der Waals surface area contributed by atoms with E-state index in [-0.39, 0.29) is 24.0 Å². The second-order valence-corrected chi connectivity index (χ2v) is 5.78. The fourth-order valence-electron chi connectivity index (χ4n) is 3.22. The van der Waals surface area contributed by atoms with Gasteiger partial charge in [0.25, 0.3) is 0 Å². The van der Waals surface area contributed by atoms with Crippen LogP contribution in [0.2, 0.25) is 0 Å². The Morgan fingerprint density at radius 2 is 1.95 bits per heavy atom. The Morgan fingerprint density at radius 1 is 1.19 bits per heavy atom. The first kappa shape index (κ1) is 16.5. The zero-order chi connectivity index (χ0) is 13.9. The van der Waals surface area contributed by atoms with Gasteiger partial charge in [-0.05, 0) is 30.7 Å². The van der Waals surface area contributed by atoms with Crippen LogP contribution in [-0.4, -0.2) is 60.2 Å². The van der Waals surface area contributed by atoms with E-state index in [1.807, 2.05) is 0 Å². The zero-order valence-electron chi connectivity index (χ0n) is 12.1. The SMILES string of the molecule is Cl.Oc1cc(F)cc(CN2CCN(C3CCNC3)CC2)c1. The second-order valence-electron chi connectivity index (χ2n) is 5.78. The Balaban J connectivity index is 0.00000161. The van der Waals surface area contributed by atoms with Gasteiger partial charge in [0.1, 0.15) is 11.6 Å². The number of halogens is 2. The van der Waals surface area contributed by atoms with E-state index in [0.717, 1.165) is 50.9 Å². The van der Waals surface area contributed by atoms with Crippen LogP contribution in [0.3, 0.4) is 0 Å². The Kier molecular flexibility index (Phi) is 5.81. The molecule has 2 aliphatic rings. The van der Waals surface area contributed by atoms with Crippen molar-refractivity contribution in [2.75, 3.05) is 39.3 Å². The summed E-state index contributed by atoms with van der Waals surface area (Å²) < 4.78 is 13.3. The molecule has 0 radical (unpaired) electrons. The summed E-state index contributed by atoms with van der Waals surface area (Å²) in [5, 5.41) is 12.8. The van der Waals surface area contributed by atoms with Crippen molar-refractivity contribution in [3.05, 3.63) is 29.6 Å². The fraction of sp³-hybridized carbons (Fsp3) is 0.600. The molecule has 2 fully saturated rings. The summed E-state index contributed by atoms with van der Waals surface area (Å²) in [7, 11) is 0. The molecule has 118 valence electrons. The van der Waals surface area contributed by atoms with Crippen LogP contribution in [0.5, 0.6) is 5.75 Å². The third-order valence-corrected chi connectivity index (χ3v) is 4.31. The lowest BCUT2D eigenvalue weighted by Crippen LogP contribution is -2.50. The monoisotopic (exact) mass is 315 g/mol. The minimum atomic E-state index is -0.365. The minimum Gasteiger partial charge on any atom is -0.508 e. The highest BCUT2D eigenvalue weighted by Gasteiger charge is 2.25. The molecule has 0 spiro atoms. The number of rotatable bonds is 3. The molecule has 2 N–H and O–H groups in total. The van der Waals surface area contributed by atoms with Crippen LogP contribution in [0.25, 0.3) is 0 Å². The van der Waals surface area contributed by atoms with Gasteiger partial charge in [-0.3, -0.25) is 9.80 Å². The van der Waals surface area contributed by atoms with Gasteiger partial charge in [0.05, 0.1) is 0 Å². The van der Waals surface area contributed by atoms with Crippen molar-refractivity contribution in [2.24, 2.45) is 0 Å². The van der Waals surface area contributed by atoms with Crippen LogP contribution in [0, 0.1) is 5.82 Å². The molecule has 3 rings (SSSR count). The lowest BCUT2D eigenvalue weighted by molar-refractivity contribution is 0.0980. The van der Waals surface area contributed by atoms with Crippen molar-refractivity contribution >= 4 is 12.4 Å². The van der Waals surface area contributed by atoms with Crippen LogP contribution >= 0.6 is 12.4 Å². The summed E-state index contributed by atoms with van der Waals surface area (Å²) in [6.07, 6.45) is 1.25. The lowest BCUT2D eigenvalue weighted by atomic mass is 10.1. The maximum absolute atomic E-state index is 13.3. The molecule has 1 aromatic rings. The average molecular weight is 316 g/mol. The van der Waals surface area contributed by atoms with E-state index >= 15 is 0 Å². The predicted octanol–water partition coefficient (Wildman–Crippen LogP) is 1.43. The van der Waals surface area contributed by atoms with E-state index in [2.05, 4.69) is 15.1 Å². The first-order valence-electron chi connectivity index (χ1n) is 7.36. The molecule has 0 saturated carbocycles. The van der Waals surface area contributed by atoms with Crippen molar-refractivity contribution in [2.45, 2.75) is 19.0 Å². The number of phenols is 1. The van der Waals surface area contributed by atoms with Crippen molar-refractivity contribution in [3.63, 3.8) is 0 Å². The number of nitrogens with zero attached hydrogens (tertiary/aromatic N) is 2. The first-order valence-corrected chi connectivity index (χ1v) is 7.36. The third kappa shape index (κ3) is 4.30. The number of benzene rings is 1. The molecule has 21 heavy (non-hydrogen) atoms.